The Kier molecular flexibility index (Phi) is 3.58. The highest BCUT2D eigenvalue weighted by Crippen LogP contribution is 2.32. The van der Waals surface area contributed by atoms with Gasteiger partial charge in [-0.05, 0) is 48.8 Å². The molecule has 1 aromatic rings. The molecule has 1 N–H and O–H groups in total. The van der Waals surface area contributed by atoms with Crippen LogP contribution in [0.2, 0.25) is 0 Å². The van der Waals surface area contributed by atoms with Crippen LogP contribution in [0.1, 0.15) is 23.1 Å². The second-order valence-corrected chi connectivity index (χ2v) is 6.95. The van der Waals surface area contributed by atoms with E-state index in [1.54, 1.807) is 11.8 Å². The molecule has 2 atom stereocenters. The number of nitrogens with zero attached hydrogens (tertiary/aromatic N) is 1. The van der Waals surface area contributed by atoms with Gasteiger partial charge in [0.1, 0.15) is 11.3 Å². The summed E-state index contributed by atoms with van der Waals surface area (Å²) in [6.45, 7) is 4.09. The van der Waals surface area contributed by atoms with Crippen molar-refractivity contribution in [2.24, 2.45) is 0 Å². The van der Waals surface area contributed by atoms with E-state index in [1.165, 1.54) is 5.56 Å². The number of benzene rings is 1. The number of ether oxygens (including phenoxy) is 1. The van der Waals surface area contributed by atoms with E-state index in [-0.39, 0.29) is 5.91 Å². The Morgan fingerprint density at radius 3 is 2.90 bits per heavy atom. The fraction of sp³-hybridized carbons (Fsp3) is 0.500. The molecule has 2 aliphatic rings. The molecule has 2 heterocycles. The third kappa shape index (κ3) is 2.60. The van der Waals surface area contributed by atoms with Crippen LogP contribution in [-0.4, -0.2) is 29.1 Å². The Labute approximate surface area is 128 Å². The van der Waals surface area contributed by atoms with Crippen molar-refractivity contribution in [1.29, 1.82) is 5.26 Å². The standard InChI is InChI=1S/C16H18N2O2S/c1-10-5-12-7-14(20-13(12)6-11(10)2)15(19)18-16(8-17)3-4-21-9-16/h5-6,14H,3-4,7,9H2,1-2H3,(H,18,19). The molecule has 2 aliphatic heterocycles. The second-order valence-electron chi connectivity index (χ2n) is 5.84. The number of hydrogen-bond donors (Lipinski definition) is 1. The van der Waals surface area contributed by atoms with Gasteiger partial charge in [0.25, 0.3) is 5.91 Å². The lowest BCUT2D eigenvalue weighted by Crippen LogP contribution is -2.52. The minimum atomic E-state index is -0.717. The Morgan fingerprint density at radius 2 is 2.24 bits per heavy atom. The van der Waals surface area contributed by atoms with Gasteiger partial charge in [-0.3, -0.25) is 4.79 Å². The maximum Gasteiger partial charge on any atom is 0.262 e. The van der Waals surface area contributed by atoms with Crippen LogP contribution in [0, 0.1) is 25.2 Å². The van der Waals surface area contributed by atoms with Gasteiger partial charge in [0.15, 0.2) is 6.10 Å². The highest BCUT2D eigenvalue weighted by atomic mass is 32.2. The molecule has 2 unspecified atom stereocenters. The molecule has 1 amide bonds. The first-order valence-electron chi connectivity index (χ1n) is 7.11. The zero-order valence-corrected chi connectivity index (χ0v) is 13.0. The van der Waals surface area contributed by atoms with E-state index in [2.05, 4.69) is 24.4 Å². The topological polar surface area (TPSA) is 62.1 Å². The second kappa shape index (κ2) is 5.27. The van der Waals surface area contributed by atoms with Crippen LogP contribution in [0.15, 0.2) is 12.1 Å². The number of carbonyl (C=O) groups excluding carboxylic acids is 1. The number of thioether (sulfide) groups is 1. The van der Waals surface area contributed by atoms with Gasteiger partial charge in [0.2, 0.25) is 0 Å². The smallest absolute Gasteiger partial charge is 0.262 e. The first kappa shape index (κ1) is 14.3. The minimum Gasteiger partial charge on any atom is -0.480 e. The fourth-order valence-electron chi connectivity index (χ4n) is 2.76. The summed E-state index contributed by atoms with van der Waals surface area (Å²) in [5, 5.41) is 12.2. The highest BCUT2D eigenvalue weighted by molar-refractivity contribution is 7.99. The van der Waals surface area contributed by atoms with Crippen molar-refractivity contribution in [3.8, 4) is 11.8 Å². The van der Waals surface area contributed by atoms with Crippen molar-refractivity contribution in [1.82, 2.24) is 5.32 Å². The lowest BCUT2D eigenvalue weighted by atomic mass is 9.99. The number of rotatable bonds is 2. The first-order chi connectivity index (χ1) is 10.0. The van der Waals surface area contributed by atoms with Gasteiger partial charge in [-0.15, -0.1) is 0 Å². The number of aryl methyl sites for hydroxylation is 2. The maximum absolute atomic E-state index is 12.4. The largest absolute Gasteiger partial charge is 0.480 e. The van der Waals surface area contributed by atoms with Crippen LogP contribution in [0.3, 0.4) is 0 Å². The molecule has 1 saturated heterocycles. The van der Waals surface area contributed by atoms with Gasteiger partial charge >= 0.3 is 0 Å². The molecule has 0 aliphatic carbocycles. The van der Waals surface area contributed by atoms with Gasteiger partial charge in [-0.2, -0.15) is 17.0 Å². The summed E-state index contributed by atoms with van der Waals surface area (Å²) in [7, 11) is 0. The zero-order valence-electron chi connectivity index (χ0n) is 12.2. The van der Waals surface area contributed by atoms with E-state index >= 15 is 0 Å². The zero-order chi connectivity index (χ0) is 15.0. The fourth-order valence-corrected chi connectivity index (χ4v) is 4.02. The average molecular weight is 302 g/mol. The molecule has 0 saturated carbocycles. The van der Waals surface area contributed by atoms with Crippen LogP contribution in [0.5, 0.6) is 5.75 Å². The van der Waals surface area contributed by atoms with E-state index in [0.29, 0.717) is 18.6 Å². The van der Waals surface area contributed by atoms with E-state index in [1.807, 2.05) is 13.0 Å². The van der Waals surface area contributed by atoms with Gasteiger partial charge in [-0.1, -0.05) is 6.07 Å². The summed E-state index contributed by atoms with van der Waals surface area (Å²) in [6, 6.07) is 6.34. The molecule has 110 valence electrons. The van der Waals surface area contributed by atoms with E-state index < -0.39 is 11.6 Å². The Hall–Kier alpha value is -1.67. The van der Waals surface area contributed by atoms with E-state index in [0.717, 1.165) is 22.6 Å². The predicted octanol–water partition coefficient (Wildman–Crippen LogP) is 2.12. The lowest BCUT2D eigenvalue weighted by molar-refractivity contribution is -0.128. The van der Waals surface area contributed by atoms with E-state index in [4.69, 9.17) is 4.74 Å². The predicted molar refractivity (Wildman–Crippen MR) is 82.5 cm³/mol. The van der Waals surface area contributed by atoms with Gasteiger partial charge in [0.05, 0.1) is 6.07 Å². The van der Waals surface area contributed by atoms with Crippen molar-refractivity contribution in [2.45, 2.75) is 38.3 Å². The maximum atomic E-state index is 12.4. The number of nitrogens with one attached hydrogen (secondary N) is 1. The third-order valence-electron chi connectivity index (χ3n) is 4.24. The SMILES string of the molecule is Cc1cc2c(cc1C)OC(C(=O)NC1(C#N)CCSC1)C2. The quantitative estimate of drug-likeness (QED) is 0.909. The van der Waals surface area contributed by atoms with Crippen molar-refractivity contribution >= 4 is 17.7 Å². The van der Waals surface area contributed by atoms with Crippen molar-refractivity contribution in [2.75, 3.05) is 11.5 Å². The number of amides is 1. The number of carbonyl (C=O) groups is 1. The molecule has 0 spiro atoms. The first-order valence-corrected chi connectivity index (χ1v) is 8.26. The van der Waals surface area contributed by atoms with Crippen molar-refractivity contribution in [3.05, 3.63) is 28.8 Å². The third-order valence-corrected chi connectivity index (χ3v) is 5.43. The molecule has 4 nitrogen and oxygen atoms in total. The number of nitriles is 1. The van der Waals surface area contributed by atoms with Crippen molar-refractivity contribution in [3.63, 3.8) is 0 Å². The molecule has 0 radical (unpaired) electrons. The monoisotopic (exact) mass is 302 g/mol. The summed E-state index contributed by atoms with van der Waals surface area (Å²) in [5.41, 5.74) is 2.73. The molecule has 3 rings (SSSR count). The molecule has 1 fully saturated rings. The highest BCUT2D eigenvalue weighted by Gasteiger charge is 2.39. The molecule has 0 aromatic heterocycles. The van der Waals surface area contributed by atoms with Crippen LogP contribution in [0.25, 0.3) is 0 Å². The summed E-state index contributed by atoms with van der Waals surface area (Å²) in [6.07, 6.45) is 0.770. The van der Waals surface area contributed by atoms with Gasteiger partial charge in [-0.25, -0.2) is 0 Å². The van der Waals surface area contributed by atoms with Crippen LogP contribution < -0.4 is 10.1 Å². The van der Waals surface area contributed by atoms with Gasteiger partial charge < -0.3 is 10.1 Å². The van der Waals surface area contributed by atoms with Crippen LogP contribution in [0.4, 0.5) is 0 Å². The number of hydrogen-bond acceptors (Lipinski definition) is 4. The molecule has 21 heavy (non-hydrogen) atoms. The summed E-state index contributed by atoms with van der Waals surface area (Å²) >= 11 is 1.70. The van der Waals surface area contributed by atoms with E-state index in [9.17, 15) is 10.1 Å². The Morgan fingerprint density at radius 1 is 1.48 bits per heavy atom. The van der Waals surface area contributed by atoms with Gasteiger partial charge in [0, 0.05) is 12.2 Å². The molecule has 1 aromatic carbocycles. The van der Waals surface area contributed by atoms with Crippen molar-refractivity contribution < 1.29 is 9.53 Å². The Balaban J connectivity index is 1.72. The summed E-state index contributed by atoms with van der Waals surface area (Å²) in [5.74, 6) is 2.20. The average Bonchev–Trinajstić information content (AvgIpc) is 3.07. The molecule has 5 heteroatoms. The number of fused-ring (bicyclic) bond motifs is 1. The Bertz CT molecular complexity index is 599. The molecular formula is C16H18N2O2S. The van der Waals surface area contributed by atoms with Crippen LogP contribution >= 0.6 is 11.8 Å². The normalized spacial score (nSPS) is 26.8. The lowest BCUT2D eigenvalue weighted by Gasteiger charge is -2.23. The summed E-state index contributed by atoms with van der Waals surface area (Å²) < 4.78 is 5.78. The van der Waals surface area contributed by atoms with Crippen LogP contribution in [-0.2, 0) is 11.2 Å². The molecular weight excluding hydrogens is 284 g/mol. The summed E-state index contributed by atoms with van der Waals surface area (Å²) in [4.78, 5) is 12.4. The molecule has 0 bridgehead atoms. The minimum absolute atomic E-state index is 0.175.